The summed E-state index contributed by atoms with van der Waals surface area (Å²) < 4.78 is 68.2. The van der Waals surface area contributed by atoms with Gasteiger partial charge in [-0.2, -0.15) is 0 Å². The highest BCUT2D eigenvalue weighted by atomic mass is 31.2. The first-order valence-electron chi connectivity index (χ1n) is 35.5. The Morgan fingerprint density at radius 2 is 0.586 bits per heavy atom. The first-order valence-corrected chi connectivity index (χ1v) is 38.5. The molecule has 0 aromatic carbocycles. The minimum Gasteiger partial charge on any atom is -0.462 e. The monoisotopic (exact) mass is 1280 g/mol. The highest BCUT2D eigenvalue weighted by Gasteiger charge is 2.30. The third-order valence-corrected chi connectivity index (χ3v) is 18.0. The highest BCUT2D eigenvalue weighted by molar-refractivity contribution is 7.47. The Bertz CT molecular complexity index is 1700. The Balaban J connectivity index is 5.26. The van der Waals surface area contributed by atoms with Gasteiger partial charge >= 0.3 is 39.5 Å². The van der Waals surface area contributed by atoms with E-state index in [1.54, 1.807) is 0 Å². The van der Waals surface area contributed by atoms with Gasteiger partial charge in [-0.1, -0.05) is 292 Å². The van der Waals surface area contributed by atoms with Gasteiger partial charge in [0, 0.05) is 25.7 Å². The third-order valence-electron chi connectivity index (χ3n) is 16.1. The van der Waals surface area contributed by atoms with Crippen molar-refractivity contribution in [3.8, 4) is 0 Å². The van der Waals surface area contributed by atoms with Gasteiger partial charge < -0.3 is 33.8 Å². The van der Waals surface area contributed by atoms with Gasteiger partial charge in [0.15, 0.2) is 12.2 Å². The second-order valence-corrected chi connectivity index (χ2v) is 28.2. The molecule has 6 atom stereocenters. The molecular formula is C68H132O17P2. The number of ether oxygens (including phenoxy) is 4. The molecule has 0 aliphatic heterocycles. The molecule has 0 rings (SSSR count). The number of aliphatic hydroxyl groups is 1. The second kappa shape index (κ2) is 60.3. The lowest BCUT2D eigenvalue weighted by Gasteiger charge is -2.21. The average molecular weight is 1280 g/mol. The summed E-state index contributed by atoms with van der Waals surface area (Å²) in [5, 5.41) is 10.6. The van der Waals surface area contributed by atoms with E-state index in [9.17, 15) is 43.2 Å². The molecule has 87 heavy (non-hydrogen) atoms. The summed E-state index contributed by atoms with van der Waals surface area (Å²) >= 11 is 0. The van der Waals surface area contributed by atoms with Crippen LogP contribution >= 0.6 is 15.6 Å². The molecule has 0 saturated heterocycles. The number of carbonyl (C=O) groups excluding carboxylic acids is 4. The van der Waals surface area contributed by atoms with Crippen molar-refractivity contribution in [3.63, 3.8) is 0 Å². The van der Waals surface area contributed by atoms with Crippen LogP contribution in [-0.4, -0.2) is 96.7 Å². The topological polar surface area (TPSA) is 237 Å². The Labute approximate surface area is 530 Å². The molecule has 19 heteroatoms. The van der Waals surface area contributed by atoms with Gasteiger partial charge in [-0.05, 0) is 37.5 Å². The van der Waals surface area contributed by atoms with E-state index < -0.39 is 97.5 Å². The SMILES string of the molecule is CCCCCCCCCCCCCCC(=O)OC[C@H](COP(=O)(O)OC[C@@H](O)COP(=O)(O)OC[C@@H](COC(=O)CCCCCCCCCCC(C)C)OC(=O)CCCCCCCCCCCCCC)OC(=O)CCCCCCCCCCC(C)CC. The van der Waals surface area contributed by atoms with E-state index in [4.69, 9.17) is 37.0 Å². The molecule has 0 spiro atoms. The number of unbranched alkanes of at least 4 members (excludes halogenated alkanes) is 36. The van der Waals surface area contributed by atoms with Gasteiger partial charge in [-0.3, -0.25) is 37.3 Å². The minimum atomic E-state index is -4.95. The maximum absolute atomic E-state index is 13.0. The molecule has 0 fully saturated rings. The van der Waals surface area contributed by atoms with E-state index in [2.05, 4.69) is 41.5 Å². The summed E-state index contributed by atoms with van der Waals surface area (Å²) in [7, 11) is -9.90. The van der Waals surface area contributed by atoms with Crippen LogP contribution < -0.4 is 0 Å². The van der Waals surface area contributed by atoms with Crippen molar-refractivity contribution in [3.05, 3.63) is 0 Å². The zero-order chi connectivity index (χ0) is 64.3. The van der Waals surface area contributed by atoms with Crippen LogP contribution in [-0.2, 0) is 65.4 Å². The van der Waals surface area contributed by atoms with Crippen LogP contribution in [0.25, 0.3) is 0 Å². The van der Waals surface area contributed by atoms with Crippen LogP contribution in [0.3, 0.4) is 0 Å². The largest absolute Gasteiger partial charge is 0.472 e. The van der Waals surface area contributed by atoms with Crippen LogP contribution in [0.4, 0.5) is 0 Å². The van der Waals surface area contributed by atoms with Crippen LogP contribution in [0.1, 0.15) is 343 Å². The lowest BCUT2D eigenvalue weighted by Crippen LogP contribution is -2.30. The fraction of sp³-hybridized carbons (Fsp3) is 0.941. The molecular weight excluding hydrogens is 1150 g/mol. The number of hydrogen-bond acceptors (Lipinski definition) is 15. The van der Waals surface area contributed by atoms with Crippen molar-refractivity contribution >= 4 is 39.5 Å². The van der Waals surface area contributed by atoms with Crippen molar-refractivity contribution in [1.82, 2.24) is 0 Å². The molecule has 0 saturated carbocycles. The molecule has 0 heterocycles. The van der Waals surface area contributed by atoms with Crippen LogP contribution in [0.15, 0.2) is 0 Å². The number of hydrogen-bond donors (Lipinski definition) is 3. The van der Waals surface area contributed by atoms with Crippen molar-refractivity contribution in [2.75, 3.05) is 39.6 Å². The lowest BCUT2D eigenvalue weighted by atomic mass is 9.99. The van der Waals surface area contributed by atoms with Crippen molar-refractivity contribution in [2.24, 2.45) is 11.8 Å². The second-order valence-electron chi connectivity index (χ2n) is 25.3. The molecule has 17 nitrogen and oxygen atoms in total. The zero-order valence-electron chi connectivity index (χ0n) is 56.3. The number of rotatable bonds is 67. The standard InChI is InChI=1S/C68H132O17P2/c1-7-10-12-14-16-18-20-22-24-32-38-44-50-65(70)78-56-64(85-68(73)53-47-41-35-29-27-31-37-43-49-61(6)9-3)59-83-87(76,77)81-55-62(69)54-80-86(74,75)82-58-63(57-79-66(71)51-45-39-33-28-26-30-36-42-48-60(4)5)84-67(72)52-46-40-34-25-23-21-19-17-15-13-11-8-2/h60-64,69H,7-59H2,1-6H3,(H,74,75)(H,76,77)/t61?,62-,63+,64+/m0/s1. The summed E-state index contributed by atoms with van der Waals surface area (Å²) in [6, 6.07) is 0. The van der Waals surface area contributed by atoms with Crippen LogP contribution in [0, 0.1) is 11.8 Å². The number of esters is 4. The van der Waals surface area contributed by atoms with E-state index in [0.29, 0.717) is 25.7 Å². The molecule has 0 radical (unpaired) electrons. The number of aliphatic hydroxyl groups excluding tert-OH is 1. The maximum atomic E-state index is 13.0. The van der Waals surface area contributed by atoms with E-state index >= 15 is 0 Å². The number of phosphoric acid groups is 2. The van der Waals surface area contributed by atoms with Gasteiger partial charge in [0.1, 0.15) is 19.3 Å². The summed E-state index contributed by atoms with van der Waals surface area (Å²) in [6.45, 7) is 9.49. The molecule has 3 unspecified atom stereocenters. The molecule has 0 aromatic rings. The molecule has 3 N–H and O–H groups in total. The molecule has 0 amide bonds. The van der Waals surface area contributed by atoms with Crippen LogP contribution in [0.5, 0.6) is 0 Å². The normalized spacial score (nSPS) is 14.5. The Hall–Kier alpha value is -1.94. The van der Waals surface area contributed by atoms with E-state index in [1.165, 1.54) is 161 Å². The van der Waals surface area contributed by atoms with E-state index in [-0.39, 0.29) is 25.7 Å². The summed E-state index contributed by atoms with van der Waals surface area (Å²) in [6.07, 6.45) is 44.3. The minimum absolute atomic E-state index is 0.105. The fourth-order valence-corrected chi connectivity index (χ4v) is 11.8. The first-order chi connectivity index (χ1) is 41.9. The molecule has 0 bridgehead atoms. The maximum Gasteiger partial charge on any atom is 0.472 e. The van der Waals surface area contributed by atoms with Gasteiger partial charge in [0.2, 0.25) is 0 Å². The molecule has 0 aliphatic rings. The van der Waals surface area contributed by atoms with Gasteiger partial charge in [-0.15, -0.1) is 0 Å². The van der Waals surface area contributed by atoms with Crippen molar-refractivity contribution < 1.29 is 80.2 Å². The Kier molecular flexibility index (Phi) is 59.0. The summed E-state index contributed by atoms with van der Waals surface area (Å²) in [5.74, 6) is -0.631. The number of carbonyl (C=O) groups is 4. The molecule has 0 aliphatic carbocycles. The molecule has 516 valence electrons. The fourth-order valence-electron chi connectivity index (χ4n) is 10.2. The van der Waals surface area contributed by atoms with E-state index in [0.717, 1.165) is 102 Å². The highest BCUT2D eigenvalue weighted by Crippen LogP contribution is 2.45. The third kappa shape index (κ3) is 61.3. The lowest BCUT2D eigenvalue weighted by molar-refractivity contribution is -0.161. The van der Waals surface area contributed by atoms with Crippen LogP contribution in [0.2, 0.25) is 0 Å². The average Bonchev–Trinajstić information content (AvgIpc) is 3.69. The Morgan fingerprint density at radius 3 is 0.874 bits per heavy atom. The predicted molar refractivity (Wildman–Crippen MR) is 349 cm³/mol. The number of phosphoric ester groups is 2. The smallest absolute Gasteiger partial charge is 0.462 e. The van der Waals surface area contributed by atoms with E-state index in [1.807, 2.05) is 0 Å². The quantitative estimate of drug-likeness (QED) is 0.0222. The van der Waals surface area contributed by atoms with Crippen molar-refractivity contribution in [2.45, 2.75) is 362 Å². The molecule has 0 aromatic heterocycles. The summed E-state index contributed by atoms with van der Waals surface area (Å²) in [5.41, 5.74) is 0. The predicted octanol–water partition coefficient (Wildman–Crippen LogP) is 19.2. The van der Waals surface area contributed by atoms with Gasteiger partial charge in [0.05, 0.1) is 26.4 Å². The van der Waals surface area contributed by atoms with Crippen molar-refractivity contribution in [1.29, 1.82) is 0 Å². The van der Waals surface area contributed by atoms with Gasteiger partial charge in [-0.25, -0.2) is 9.13 Å². The Morgan fingerprint density at radius 1 is 0.333 bits per heavy atom. The summed E-state index contributed by atoms with van der Waals surface area (Å²) in [4.78, 5) is 72.4. The zero-order valence-corrected chi connectivity index (χ0v) is 58.1. The van der Waals surface area contributed by atoms with Gasteiger partial charge in [0.25, 0.3) is 0 Å². The first kappa shape index (κ1) is 85.1.